The zero-order chi connectivity index (χ0) is 31.1. The molecule has 1 saturated heterocycles. The van der Waals surface area contributed by atoms with Crippen LogP contribution in [0.15, 0.2) is 121 Å². The SMILES string of the molecule is CC1(C)OB(C2CCCCC2(c2ccccc2)c2ccc(-c3cc(-c4ccccc4)nc(-c4ccccc4)n3)cc2)OC1(C)C. The monoisotopic (exact) mass is 592 g/mol. The van der Waals surface area contributed by atoms with E-state index in [1.807, 2.05) is 24.3 Å². The number of aromatic nitrogens is 2. The molecular weight excluding hydrogens is 551 g/mol. The fourth-order valence-corrected chi connectivity index (χ4v) is 7.25. The smallest absolute Gasteiger partial charge is 0.403 e. The number of rotatable bonds is 6. The van der Waals surface area contributed by atoms with E-state index in [2.05, 4.69) is 125 Å². The van der Waals surface area contributed by atoms with Gasteiger partial charge in [-0.15, -0.1) is 0 Å². The second-order valence-electron chi connectivity index (χ2n) is 13.6. The molecule has 2 aliphatic rings. The van der Waals surface area contributed by atoms with Crippen molar-refractivity contribution >= 4 is 7.12 Å². The van der Waals surface area contributed by atoms with Crippen LogP contribution in [0.1, 0.15) is 64.5 Å². The Morgan fingerprint density at radius 1 is 0.578 bits per heavy atom. The lowest BCUT2D eigenvalue weighted by molar-refractivity contribution is 0.00578. The van der Waals surface area contributed by atoms with Gasteiger partial charge in [-0.3, -0.25) is 0 Å². The highest BCUT2D eigenvalue weighted by molar-refractivity contribution is 6.48. The van der Waals surface area contributed by atoms with Crippen molar-refractivity contribution in [1.29, 1.82) is 0 Å². The van der Waals surface area contributed by atoms with Gasteiger partial charge < -0.3 is 9.31 Å². The van der Waals surface area contributed by atoms with Crippen LogP contribution in [0, 0.1) is 0 Å². The summed E-state index contributed by atoms with van der Waals surface area (Å²) in [7, 11) is -0.279. The molecule has 0 N–H and O–H groups in total. The van der Waals surface area contributed by atoms with Crippen molar-refractivity contribution in [2.75, 3.05) is 0 Å². The zero-order valence-electron chi connectivity index (χ0n) is 26.7. The maximum Gasteiger partial charge on any atom is 0.462 e. The molecule has 5 heteroatoms. The van der Waals surface area contributed by atoms with Gasteiger partial charge in [-0.1, -0.05) is 135 Å². The summed E-state index contributed by atoms with van der Waals surface area (Å²) in [4.78, 5) is 10.1. The minimum Gasteiger partial charge on any atom is -0.403 e. The molecule has 2 unspecified atom stereocenters. The quantitative estimate of drug-likeness (QED) is 0.184. The van der Waals surface area contributed by atoms with Crippen LogP contribution in [0.25, 0.3) is 33.9 Å². The number of benzene rings is 4. The summed E-state index contributed by atoms with van der Waals surface area (Å²) in [5.74, 6) is 0.916. The maximum absolute atomic E-state index is 6.77. The highest BCUT2D eigenvalue weighted by Gasteiger charge is 2.59. The zero-order valence-corrected chi connectivity index (χ0v) is 26.7. The highest BCUT2D eigenvalue weighted by Crippen LogP contribution is 2.56. The molecular formula is C40H41BN2O2. The number of nitrogens with zero attached hydrogens (tertiary/aromatic N) is 2. The minimum atomic E-state index is -0.374. The first-order valence-corrected chi connectivity index (χ1v) is 16.3. The van der Waals surface area contributed by atoms with Crippen LogP contribution < -0.4 is 0 Å². The van der Waals surface area contributed by atoms with Crippen molar-refractivity contribution in [2.24, 2.45) is 0 Å². The Morgan fingerprint density at radius 2 is 1.07 bits per heavy atom. The van der Waals surface area contributed by atoms with Gasteiger partial charge in [-0.2, -0.15) is 0 Å². The molecule has 0 amide bonds. The molecule has 4 aromatic carbocycles. The van der Waals surface area contributed by atoms with Gasteiger partial charge in [0, 0.05) is 27.9 Å². The van der Waals surface area contributed by atoms with E-state index >= 15 is 0 Å². The first-order valence-electron chi connectivity index (χ1n) is 16.3. The van der Waals surface area contributed by atoms with Gasteiger partial charge in [-0.25, -0.2) is 9.97 Å². The van der Waals surface area contributed by atoms with Crippen LogP contribution in [0.3, 0.4) is 0 Å². The van der Waals surface area contributed by atoms with E-state index in [-0.39, 0.29) is 29.6 Å². The molecule has 226 valence electrons. The molecule has 0 spiro atoms. The van der Waals surface area contributed by atoms with E-state index in [1.165, 1.54) is 24.0 Å². The van der Waals surface area contributed by atoms with Crippen LogP contribution in [-0.2, 0) is 14.7 Å². The van der Waals surface area contributed by atoms with Crippen LogP contribution >= 0.6 is 0 Å². The Morgan fingerprint density at radius 3 is 1.64 bits per heavy atom. The van der Waals surface area contributed by atoms with Crippen molar-refractivity contribution in [3.05, 3.63) is 132 Å². The van der Waals surface area contributed by atoms with Crippen LogP contribution in [-0.4, -0.2) is 28.3 Å². The second-order valence-corrected chi connectivity index (χ2v) is 13.6. The molecule has 1 aliphatic heterocycles. The lowest BCUT2D eigenvalue weighted by atomic mass is 9.47. The fourth-order valence-electron chi connectivity index (χ4n) is 7.25. The summed E-state index contributed by atoms with van der Waals surface area (Å²) in [5.41, 5.74) is 6.63. The normalized spacial score (nSPS) is 22.3. The van der Waals surface area contributed by atoms with E-state index in [1.54, 1.807) is 0 Å². The summed E-state index contributed by atoms with van der Waals surface area (Å²) in [6, 6.07) is 42.8. The average molecular weight is 593 g/mol. The first kappa shape index (κ1) is 29.6. The lowest BCUT2D eigenvalue weighted by Gasteiger charge is -2.46. The predicted molar refractivity (Wildman–Crippen MR) is 184 cm³/mol. The van der Waals surface area contributed by atoms with Crippen LogP contribution in [0.4, 0.5) is 0 Å². The molecule has 5 aromatic rings. The molecule has 1 aromatic heterocycles. The largest absolute Gasteiger partial charge is 0.462 e. The third-order valence-corrected chi connectivity index (χ3v) is 10.4. The van der Waals surface area contributed by atoms with Gasteiger partial charge in [0.25, 0.3) is 0 Å². The molecule has 0 bridgehead atoms. The third-order valence-electron chi connectivity index (χ3n) is 10.4. The van der Waals surface area contributed by atoms with E-state index in [4.69, 9.17) is 19.3 Å². The van der Waals surface area contributed by atoms with Gasteiger partial charge in [0.05, 0.1) is 22.6 Å². The molecule has 45 heavy (non-hydrogen) atoms. The Hall–Kier alpha value is -4.06. The van der Waals surface area contributed by atoms with E-state index in [9.17, 15) is 0 Å². The molecule has 2 heterocycles. The van der Waals surface area contributed by atoms with Gasteiger partial charge in [0.2, 0.25) is 0 Å². The molecule has 1 saturated carbocycles. The summed E-state index contributed by atoms with van der Waals surface area (Å²) < 4.78 is 13.5. The van der Waals surface area contributed by atoms with Crippen molar-refractivity contribution in [3.63, 3.8) is 0 Å². The molecule has 0 radical (unpaired) electrons. The summed E-state index contributed by atoms with van der Waals surface area (Å²) >= 11 is 0. The number of hydrogen-bond donors (Lipinski definition) is 0. The van der Waals surface area contributed by atoms with Crippen LogP contribution in [0.2, 0.25) is 5.82 Å². The molecule has 7 rings (SSSR count). The topological polar surface area (TPSA) is 44.2 Å². The number of hydrogen-bond acceptors (Lipinski definition) is 4. The third kappa shape index (κ3) is 5.43. The summed E-state index contributed by atoms with van der Waals surface area (Å²) in [6.45, 7) is 8.63. The fraction of sp³-hybridized carbons (Fsp3) is 0.300. The molecule has 1 aliphatic carbocycles. The van der Waals surface area contributed by atoms with Crippen molar-refractivity contribution in [3.8, 4) is 33.9 Å². The average Bonchev–Trinajstić information content (AvgIpc) is 3.31. The molecule has 2 atom stereocenters. The van der Waals surface area contributed by atoms with Crippen molar-refractivity contribution < 1.29 is 9.31 Å². The van der Waals surface area contributed by atoms with E-state index < -0.39 is 0 Å². The molecule has 2 fully saturated rings. The lowest BCUT2D eigenvalue weighted by Crippen LogP contribution is -2.44. The Bertz CT molecular complexity index is 1680. The Labute approximate surface area is 268 Å². The highest BCUT2D eigenvalue weighted by atomic mass is 16.7. The van der Waals surface area contributed by atoms with E-state index in [0.717, 1.165) is 46.7 Å². The summed E-state index contributed by atoms with van der Waals surface area (Å²) in [6.07, 6.45) is 4.45. The van der Waals surface area contributed by atoms with Crippen LogP contribution in [0.5, 0.6) is 0 Å². The standard InChI is InChI=1S/C40H41BN2O2/c1-38(2)39(3,4)45-41(44-38)36-22-14-15-27-40(36,32-20-12-7-13-21-32)33-25-23-30(24-26-33)35-28-34(29-16-8-5-9-17-29)42-37(43-35)31-18-10-6-11-19-31/h5-13,16-21,23-26,28,36H,14-15,22,27H2,1-4H3. The van der Waals surface area contributed by atoms with Gasteiger partial charge in [-0.05, 0) is 51.3 Å². The Kier molecular flexibility index (Phi) is 7.71. The van der Waals surface area contributed by atoms with Crippen molar-refractivity contribution in [1.82, 2.24) is 9.97 Å². The summed E-state index contributed by atoms with van der Waals surface area (Å²) in [5, 5.41) is 0. The van der Waals surface area contributed by atoms with Crippen molar-refractivity contribution in [2.45, 2.75) is 75.8 Å². The maximum atomic E-state index is 6.77. The van der Waals surface area contributed by atoms with E-state index in [0.29, 0.717) is 0 Å². The van der Waals surface area contributed by atoms with Gasteiger partial charge in [0.15, 0.2) is 5.82 Å². The van der Waals surface area contributed by atoms with Gasteiger partial charge >= 0.3 is 7.12 Å². The second kappa shape index (κ2) is 11.7. The first-order chi connectivity index (χ1) is 21.8. The minimum absolute atomic E-state index is 0.189. The predicted octanol–water partition coefficient (Wildman–Crippen LogP) is 9.80. The Balaban J connectivity index is 1.32. The van der Waals surface area contributed by atoms with Gasteiger partial charge in [0.1, 0.15) is 0 Å². The molecule has 4 nitrogen and oxygen atoms in total.